The van der Waals surface area contributed by atoms with Crippen LogP contribution in [0.15, 0.2) is 18.5 Å². The van der Waals surface area contributed by atoms with Crippen LogP contribution in [0.5, 0.6) is 0 Å². The highest BCUT2D eigenvalue weighted by Gasteiger charge is 2.12. The SMILES string of the molecule is CCNC(CCN(CC)CC)c1cncc(C)c1. The van der Waals surface area contributed by atoms with Crippen LogP contribution in [0.3, 0.4) is 0 Å². The van der Waals surface area contributed by atoms with Gasteiger partial charge in [0.1, 0.15) is 0 Å². The number of hydrogen-bond donors (Lipinski definition) is 1. The van der Waals surface area contributed by atoms with E-state index in [1.54, 1.807) is 0 Å². The molecule has 0 spiro atoms. The van der Waals surface area contributed by atoms with E-state index in [1.165, 1.54) is 11.1 Å². The zero-order valence-electron chi connectivity index (χ0n) is 12.2. The Balaban J connectivity index is 2.64. The van der Waals surface area contributed by atoms with Crippen LogP contribution in [0.4, 0.5) is 0 Å². The van der Waals surface area contributed by atoms with Crippen LogP contribution in [0.1, 0.15) is 44.4 Å². The van der Waals surface area contributed by atoms with Gasteiger partial charge in [0.05, 0.1) is 0 Å². The molecule has 0 aromatic carbocycles. The summed E-state index contributed by atoms with van der Waals surface area (Å²) in [5, 5.41) is 3.56. The maximum absolute atomic E-state index is 4.30. The molecule has 102 valence electrons. The van der Waals surface area contributed by atoms with Crippen molar-refractivity contribution < 1.29 is 0 Å². The van der Waals surface area contributed by atoms with Gasteiger partial charge >= 0.3 is 0 Å². The van der Waals surface area contributed by atoms with Crippen molar-refractivity contribution in [1.82, 2.24) is 15.2 Å². The number of aryl methyl sites for hydroxylation is 1. The van der Waals surface area contributed by atoms with Gasteiger partial charge in [-0.1, -0.05) is 26.8 Å². The fourth-order valence-corrected chi connectivity index (χ4v) is 2.25. The molecule has 0 amide bonds. The molecule has 3 heteroatoms. The monoisotopic (exact) mass is 249 g/mol. The zero-order valence-corrected chi connectivity index (χ0v) is 12.2. The van der Waals surface area contributed by atoms with E-state index in [0.29, 0.717) is 6.04 Å². The van der Waals surface area contributed by atoms with Crippen LogP contribution in [-0.4, -0.2) is 36.1 Å². The molecule has 1 heterocycles. The first-order valence-corrected chi connectivity index (χ1v) is 7.08. The van der Waals surface area contributed by atoms with Gasteiger partial charge in [-0.15, -0.1) is 0 Å². The summed E-state index contributed by atoms with van der Waals surface area (Å²) in [6.45, 7) is 13.1. The number of nitrogens with zero attached hydrogens (tertiary/aromatic N) is 2. The maximum Gasteiger partial charge on any atom is 0.0347 e. The van der Waals surface area contributed by atoms with E-state index < -0.39 is 0 Å². The number of pyridine rings is 1. The van der Waals surface area contributed by atoms with Gasteiger partial charge in [-0.25, -0.2) is 0 Å². The van der Waals surface area contributed by atoms with E-state index in [4.69, 9.17) is 0 Å². The van der Waals surface area contributed by atoms with Crippen LogP contribution in [-0.2, 0) is 0 Å². The molecule has 18 heavy (non-hydrogen) atoms. The Morgan fingerprint density at radius 1 is 1.22 bits per heavy atom. The van der Waals surface area contributed by atoms with Gasteiger partial charge in [0.2, 0.25) is 0 Å². The van der Waals surface area contributed by atoms with E-state index in [2.05, 4.69) is 49.0 Å². The Morgan fingerprint density at radius 3 is 2.50 bits per heavy atom. The van der Waals surface area contributed by atoms with Crippen LogP contribution in [0.25, 0.3) is 0 Å². The average Bonchev–Trinajstić information content (AvgIpc) is 2.38. The molecule has 1 atom stereocenters. The molecule has 3 nitrogen and oxygen atoms in total. The second kappa shape index (κ2) is 8.22. The molecule has 0 saturated heterocycles. The van der Waals surface area contributed by atoms with Crippen molar-refractivity contribution in [2.45, 2.75) is 40.2 Å². The Labute approximate surface area is 112 Å². The predicted octanol–water partition coefficient (Wildman–Crippen LogP) is 2.77. The molecular formula is C15H27N3. The van der Waals surface area contributed by atoms with Crippen molar-refractivity contribution in [3.05, 3.63) is 29.6 Å². The van der Waals surface area contributed by atoms with E-state index in [0.717, 1.165) is 32.6 Å². The highest BCUT2D eigenvalue weighted by molar-refractivity contribution is 5.20. The number of nitrogens with one attached hydrogen (secondary N) is 1. The quantitative estimate of drug-likeness (QED) is 0.768. The molecule has 0 aliphatic carbocycles. The summed E-state index contributed by atoms with van der Waals surface area (Å²) in [5.74, 6) is 0. The van der Waals surface area contributed by atoms with E-state index in [9.17, 15) is 0 Å². The summed E-state index contributed by atoms with van der Waals surface area (Å²) in [7, 11) is 0. The Kier molecular flexibility index (Phi) is 6.91. The van der Waals surface area contributed by atoms with Crippen molar-refractivity contribution in [3.8, 4) is 0 Å². The maximum atomic E-state index is 4.30. The zero-order chi connectivity index (χ0) is 13.4. The largest absolute Gasteiger partial charge is 0.310 e. The van der Waals surface area contributed by atoms with E-state index >= 15 is 0 Å². The Bertz CT molecular complexity index is 334. The molecule has 0 aliphatic rings. The molecule has 1 aromatic rings. The highest BCUT2D eigenvalue weighted by atomic mass is 15.1. The molecule has 0 radical (unpaired) electrons. The van der Waals surface area contributed by atoms with Gasteiger partial charge in [0, 0.05) is 18.4 Å². The predicted molar refractivity (Wildman–Crippen MR) is 77.8 cm³/mol. The lowest BCUT2D eigenvalue weighted by molar-refractivity contribution is 0.282. The molecular weight excluding hydrogens is 222 g/mol. The summed E-state index contributed by atoms with van der Waals surface area (Å²) < 4.78 is 0. The topological polar surface area (TPSA) is 28.2 Å². The van der Waals surface area contributed by atoms with Crippen LogP contribution in [0, 0.1) is 6.92 Å². The number of aromatic nitrogens is 1. The molecule has 0 saturated carbocycles. The minimum atomic E-state index is 0.419. The van der Waals surface area contributed by atoms with Gasteiger partial charge in [-0.2, -0.15) is 0 Å². The lowest BCUT2D eigenvalue weighted by Gasteiger charge is -2.23. The van der Waals surface area contributed by atoms with Crippen LogP contribution < -0.4 is 5.32 Å². The van der Waals surface area contributed by atoms with Crippen molar-refractivity contribution in [2.24, 2.45) is 0 Å². The second-order valence-corrected chi connectivity index (χ2v) is 4.72. The van der Waals surface area contributed by atoms with E-state index in [-0.39, 0.29) is 0 Å². The summed E-state index contributed by atoms with van der Waals surface area (Å²) >= 11 is 0. The molecule has 1 unspecified atom stereocenters. The lowest BCUT2D eigenvalue weighted by Crippen LogP contribution is -2.29. The molecule has 1 N–H and O–H groups in total. The fraction of sp³-hybridized carbons (Fsp3) is 0.667. The van der Waals surface area contributed by atoms with Gasteiger partial charge < -0.3 is 10.2 Å². The fourth-order valence-electron chi connectivity index (χ4n) is 2.25. The van der Waals surface area contributed by atoms with Gasteiger partial charge in [0.15, 0.2) is 0 Å². The third kappa shape index (κ3) is 4.75. The smallest absolute Gasteiger partial charge is 0.0347 e. The normalized spacial score (nSPS) is 12.9. The van der Waals surface area contributed by atoms with Crippen molar-refractivity contribution in [1.29, 1.82) is 0 Å². The van der Waals surface area contributed by atoms with Crippen LogP contribution in [0.2, 0.25) is 0 Å². The van der Waals surface area contributed by atoms with E-state index in [1.807, 2.05) is 12.4 Å². The second-order valence-electron chi connectivity index (χ2n) is 4.72. The third-order valence-corrected chi connectivity index (χ3v) is 3.38. The van der Waals surface area contributed by atoms with Crippen molar-refractivity contribution >= 4 is 0 Å². The van der Waals surface area contributed by atoms with Gasteiger partial charge in [-0.05, 0) is 50.7 Å². The average molecular weight is 249 g/mol. The van der Waals surface area contributed by atoms with Crippen molar-refractivity contribution in [3.63, 3.8) is 0 Å². The molecule has 1 aromatic heterocycles. The standard InChI is InChI=1S/C15H27N3/c1-5-17-15(8-9-18(6-2)7-3)14-10-13(4)11-16-12-14/h10-12,15,17H,5-9H2,1-4H3. The molecule has 0 aliphatic heterocycles. The first-order chi connectivity index (χ1) is 8.71. The Morgan fingerprint density at radius 2 is 1.94 bits per heavy atom. The van der Waals surface area contributed by atoms with Crippen LogP contribution >= 0.6 is 0 Å². The summed E-state index contributed by atoms with van der Waals surface area (Å²) in [6.07, 6.45) is 5.04. The van der Waals surface area contributed by atoms with Gasteiger partial charge in [0.25, 0.3) is 0 Å². The number of hydrogen-bond acceptors (Lipinski definition) is 3. The first kappa shape index (κ1) is 15.1. The lowest BCUT2D eigenvalue weighted by atomic mass is 10.0. The van der Waals surface area contributed by atoms with Crippen molar-refractivity contribution in [2.75, 3.05) is 26.2 Å². The molecule has 0 bridgehead atoms. The number of rotatable bonds is 8. The molecule has 1 rings (SSSR count). The minimum absolute atomic E-state index is 0.419. The summed E-state index contributed by atoms with van der Waals surface area (Å²) in [4.78, 5) is 6.77. The van der Waals surface area contributed by atoms with Gasteiger partial charge in [-0.3, -0.25) is 4.98 Å². The summed E-state index contributed by atoms with van der Waals surface area (Å²) in [5.41, 5.74) is 2.54. The summed E-state index contributed by atoms with van der Waals surface area (Å²) in [6, 6.07) is 2.66. The first-order valence-electron chi connectivity index (χ1n) is 7.08. The minimum Gasteiger partial charge on any atom is -0.310 e. The molecule has 0 fully saturated rings. The third-order valence-electron chi connectivity index (χ3n) is 3.38. The Hall–Kier alpha value is -0.930. The highest BCUT2D eigenvalue weighted by Crippen LogP contribution is 2.17.